The van der Waals surface area contributed by atoms with Crippen LogP contribution in [0.5, 0.6) is 0 Å². The highest BCUT2D eigenvalue weighted by Gasteiger charge is 2.40. The van der Waals surface area contributed by atoms with Crippen LogP contribution in [0.25, 0.3) is 0 Å². The van der Waals surface area contributed by atoms with Gasteiger partial charge in [0, 0.05) is 12.1 Å². The molecule has 1 fully saturated rings. The summed E-state index contributed by atoms with van der Waals surface area (Å²) in [6.07, 6.45) is 4.39. The number of rotatable bonds is 7. The molecule has 2 rings (SSSR count). The average molecular weight is 382 g/mol. The third kappa shape index (κ3) is 5.28. The van der Waals surface area contributed by atoms with Gasteiger partial charge in [0.1, 0.15) is 5.54 Å². The Hall–Kier alpha value is -1.93. The number of sulfonamides is 1. The number of carboxylic acids is 1. The maximum atomic E-state index is 12.5. The van der Waals surface area contributed by atoms with E-state index in [0.29, 0.717) is 18.4 Å². The van der Waals surface area contributed by atoms with Crippen LogP contribution < -0.4 is 10.0 Å². The van der Waals surface area contributed by atoms with Gasteiger partial charge in [0.05, 0.1) is 5.75 Å². The summed E-state index contributed by atoms with van der Waals surface area (Å²) in [6.45, 7) is 1.71. The van der Waals surface area contributed by atoms with Gasteiger partial charge in [0.15, 0.2) is 0 Å². The molecule has 26 heavy (non-hydrogen) atoms. The lowest BCUT2D eigenvalue weighted by Crippen LogP contribution is -2.54. The van der Waals surface area contributed by atoms with Crippen molar-refractivity contribution >= 4 is 21.9 Å². The van der Waals surface area contributed by atoms with Crippen molar-refractivity contribution in [3.63, 3.8) is 0 Å². The molecule has 1 aliphatic rings. The van der Waals surface area contributed by atoms with E-state index in [1.54, 1.807) is 31.2 Å². The zero-order valence-corrected chi connectivity index (χ0v) is 15.8. The van der Waals surface area contributed by atoms with Crippen molar-refractivity contribution in [1.82, 2.24) is 10.0 Å². The molecule has 0 unspecified atom stereocenters. The molecule has 0 aromatic heterocycles. The molecule has 1 aromatic rings. The van der Waals surface area contributed by atoms with Crippen LogP contribution in [0.2, 0.25) is 0 Å². The van der Waals surface area contributed by atoms with Gasteiger partial charge < -0.3 is 10.4 Å². The van der Waals surface area contributed by atoms with Crippen molar-refractivity contribution in [2.45, 2.75) is 57.5 Å². The Bertz CT molecular complexity index is 735. The Morgan fingerprint density at radius 1 is 1.08 bits per heavy atom. The maximum Gasteiger partial charge on any atom is 0.329 e. The van der Waals surface area contributed by atoms with Crippen LogP contribution in [-0.2, 0) is 21.4 Å². The second-order valence-corrected chi connectivity index (χ2v) is 8.77. The van der Waals surface area contributed by atoms with Gasteiger partial charge in [-0.3, -0.25) is 4.79 Å². The van der Waals surface area contributed by atoms with E-state index in [4.69, 9.17) is 0 Å². The molecule has 0 spiro atoms. The van der Waals surface area contributed by atoms with E-state index in [-0.39, 0.29) is 12.3 Å². The van der Waals surface area contributed by atoms with Crippen molar-refractivity contribution in [2.24, 2.45) is 0 Å². The minimum Gasteiger partial charge on any atom is -0.480 e. The molecule has 1 aromatic carbocycles. The molecule has 0 atom stereocenters. The summed E-state index contributed by atoms with van der Waals surface area (Å²) in [5.74, 6) is -1.40. The van der Waals surface area contributed by atoms with Crippen LogP contribution in [-0.4, -0.2) is 36.7 Å². The molecule has 0 bridgehead atoms. The fourth-order valence-electron chi connectivity index (χ4n) is 3.08. The highest BCUT2D eigenvalue weighted by molar-refractivity contribution is 7.89. The zero-order chi connectivity index (χ0) is 19.2. The molecule has 0 radical (unpaired) electrons. The van der Waals surface area contributed by atoms with Crippen LogP contribution in [0, 0.1) is 0 Å². The van der Waals surface area contributed by atoms with Gasteiger partial charge in [-0.05, 0) is 37.5 Å². The molecule has 3 N–H and O–H groups in total. The number of hydrogen-bond donors (Lipinski definition) is 3. The molecule has 0 saturated heterocycles. The van der Waals surface area contributed by atoms with Crippen molar-refractivity contribution < 1.29 is 23.1 Å². The summed E-state index contributed by atoms with van der Waals surface area (Å²) in [5.41, 5.74) is -0.124. The molecule has 1 amide bonds. The summed E-state index contributed by atoms with van der Waals surface area (Å²) < 4.78 is 25.4. The first-order valence-electron chi connectivity index (χ1n) is 8.90. The summed E-state index contributed by atoms with van der Waals surface area (Å²) in [5, 5.41) is 12.4. The number of carbonyl (C=O) groups excluding carboxylic acids is 1. The molecule has 7 nitrogen and oxygen atoms in total. The molecule has 0 aliphatic heterocycles. The van der Waals surface area contributed by atoms with Crippen LogP contribution >= 0.6 is 0 Å². The number of carboxylic acid groups (broad SMARTS) is 1. The Morgan fingerprint density at radius 3 is 2.15 bits per heavy atom. The predicted octanol–water partition coefficient (Wildman–Crippen LogP) is 2.03. The molecule has 1 aliphatic carbocycles. The van der Waals surface area contributed by atoms with Crippen LogP contribution in [0.1, 0.15) is 61.4 Å². The van der Waals surface area contributed by atoms with E-state index in [1.165, 1.54) is 0 Å². The van der Waals surface area contributed by atoms with Gasteiger partial charge in [-0.15, -0.1) is 0 Å². The van der Waals surface area contributed by atoms with Gasteiger partial charge in [0.2, 0.25) is 10.0 Å². The van der Waals surface area contributed by atoms with Crippen molar-refractivity contribution in [2.75, 3.05) is 5.75 Å². The minimum atomic E-state index is -3.28. The zero-order valence-electron chi connectivity index (χ0n) is 15.0. The number of amides is 1. The highest BCUT2D eigenvalue weighted by atomic mass is 32.2. The number of hydrogen-bond acceptors (Lipinski definition) is 4. The van der Waals surface area contributed by atoms with Crippen LogP contribution in [0.15, 0.2) is 24.3 Å². The lowest BCUT2D eigenvalue weighted by atomic mass is 9.89. The van der Waals surface area contributed by atoms with Gasteiger partial charge in [-0.25, -0.2) is 17.9 Å². The SMILES string of the molecule is CCS(=O)(=O)NCc1ccc(C(=O)NC2(C(=O)O)CCCCCC2)cc1. The predicted molar refractivity (Wildman–Crippen MR) is 98.3 cm³/mol. The van der Waals surface area contributed by atoms with Crippen molar-refractivity contribution in [3.8, 4) is 0 Å². The van der Waals surface area contributed by atoms with E-state index in [1.807, 2.05) is 0 Å². The fourth-order valence-corrected chi connectivity index (χ4v) is 3.67. The summed E-state index contributed by atoms with van der Waals surface area (Å²) in [6, 6.07) is 6.48. The first kappa shape index (κ1) is 20.4. The molecule has 1 saturated carbocycles. The highest BCUT2D eigenvalue weighted by Crippen LogP contribution is 2.28. The number of aliphatic carboxylic acids is 1. The van der Waals surface area contributed by atoms with Crippen molar-refractivity contribution in [3.05, 3.63) is 35.4 Å². The Morgan fingerprint density at radius 2 is 1.65 bits per heavy atom. The average Bonchev–Trinajstić information content (AvgIpc) is 2.87. The molecular weight excluding hydrogens is 356 g/mol. The van der Waals surface area contributed by atoms with E-state index < -0.39 is 27.4 Å². The third-order valence-corrected chi connectivity index (χ3v) is 6.16. The maximum absolute atomic E-state index is 12.5. The van der Waals surface area contributed by atoms with E-state index in [2.05, 4.69) is 10.0 Å². The quantitative estimate of drug-likeness (QED) is 0.625. The monoisotopic (exact) mass is 382 g/mol. The van der Waals surface area contributed by atoms with Crippen molar-refractivity contribution in [1.29, 1.82) is 0 Å². The normalized spacial score (nSPS) is 17.3. The van der Waals surface area contributed by atoms with E-state index in [9.17, 15) is 23.1 Å². The first-order valence-corrected chi connectivity index (χ1v) is 10.6. The van der Waals surface area contributed by atoms with Gasteiger partial charge in [-0.2, -0.15) is 0 Å². The second kappa shape index (κ2) is 8.64. The lowest BCUT2D eigenvalue weighted by molar-refractivity contribution is -0.145. The van der Waals surface area contributed by atoms with Gasteiger partial charge >= 0.3 is 5.97 Å². The lowest BCUT2D eigenvalue weighted by Gasteiger charge is -2.29. The number of carbonyl (C=O) groups is 2. The standard InChI is InChI=1S/C18H26N2O5S/c1-2-26(24,25)19-13-14-7-9-15(10-8-14)16(21)20-18(17(22)23)11-5-3-4-6-12-18/h7-10,19H,2-6,11-13H2,1H3,(H,20,21)(H,22,23). The third-order valence-electron chi connectivity index (χ3n) is 4.81. The number of benzene rings is 1. The van der Waals surface area contributed by atoms with E-state index in [0.717, 1.165) is 31.2 Å². The smallest absolute Gasteiger partial charge is 0.329 e. The van der Waals surface area contributed by atoms with E-state index >= 15 is 0 Å². The Kier molecular flexibility index (Phi) is 6.77. The molecule has 8 heteroatoms. The summed E-state index contributed by atoms with van der Waals surface area (Å²) in [7, 11) is -3.28. The molecular formula is C18H26N2O5S. The van der Waals surface area contributed by atoms with Crippen LogP contribution in [0.3, 0.4) is 0 Å². The van der Waals surface area contributed by atoms with Gasteiger partial charge in [0.25, 0.3) is 5.91 Å². The largest absolute Gasteiger partial charge is 0.480 e. The summed E-state index contributed by atoms with van der Waals surface area (Å²) in [4.78, 5) is 24.3. The summed E-state index contributed by atoms with van der Waals surface area (Å²) >= 11 is 0. The Balaban J connectivity index is 2.05. The molecule has 144 valence electrons. The fraction of sp³-hybridized carbons (Fsp3) is 0.556. The topological polar surface area (TPSA) is 113 Å². The minimum absolute atomic E-state index is 0.00472. The number of nitrogens with one attached hydrogen (secondary N) is 2. The van der Waals surface area contributed by atoms with Gasteiger partial charge in [-0.1, -0.05) is 37.8 Å². The second-order valence-electron chi connectivity index (χ2n) is 6.68. The first-order chi connectivity index (χ1) is 12.3. The Labute approximate surface area is 154 Å². The molecule has 0 heterocycles. The van der Waals surface area contributed by atoms with Crippen LogP contribution in [0.4, 0.5) is 0 Å².